The highest BCUT2D eigenvalue weighted by molar-refractivity contribution is 9.18. The molecule has 3 aliphatic heterocycles. The molecular formula is C31H32BrN6O5+. The van der Waals surface area contributed by atoms with E-state index in [9.17, 15) is 19.2 Å². The van der Waals surface area contributed by atoms with Gasteiger partial charge in [-0.2, -0.15) is 0 Å². The minimum Gasteiger partial charge on any atom is -0.497 e. The third kappa shape index (κ3) is 4.73. The first-order valence-electron chi connectivity index (χ1n) is 13.9. The van der Waals surface area contributed by atoms with Gasteiger partial charge in [-0.15, -0.1) is 0 Å². The van der Waals surface area contributed by atoms with Crippen LogP contribution in [0.5, 0.6) is 5.75 Å². The highest BCUT2D eigenvalue weighted by Crippen LogP contribution is 2.48. The first-order chi connectivity index (χ1) is 20.4. The number of allylic oxidation sites excluding steroid dienone is 1. The van der Waals surface area contributed by atoms with Crippen molar-refractivity contribution in [3.63, 3.8) is 0 Å². The zero-order chi connectivity index (χ0) is 30.8. The van der Waals surface area contributed by atoms with Crippen LogP contribution in [-0.4, -0.2) is 82.4 Å². The molecular weight excluding hydrogens is 616 g/mol. The molecule has 1 fully saturated rings. The molecule has 0 bridgehead atoms. The lowest BCUT2D eigenvalue weighted by Crippen LogP contribution is -2.62. The number of hydrogen-bond donors (Lipinski definition) is 1. The summed E-state index contributed by atoms with van der Waals surface area (Å²) in [5.74, 6) is 0.0206. The highest BCUT2D eigenvalue weighted by atomic mass is 79.9. The number of hydrogen-bond acceptors (Lipinski definition) is 7. The summed E-state index contributed by atoms with van der Waals surface area (Å²) in [5, 5.41) is 3.51. The Kier molecular flexibility index (Phi) is 6.99. The molecule has 4 aliphatic rings. The maximum atomic E-state index is 14.6. The van der Waals surface area contributed by atoms with E-state index in [0.29, 0.717) is 35.5 Å². The van der Waals surface area contributed by atoms with Crippen molar-refractivity contribution in [2.45, 2.75) is 38.8 Å². The lowest BCUT2D eigenvalue weighted by Gasteiger charge is -2.37. The topological polar surface area (TPSA) is 115 Å². The molecule has 3 heterocycles. The lowest BCUT2D eigenvalue weighted by atomic mass is 9.73. The Morgan fingerprint density at radius 3 is 2.47 bits per heavy atom. The van der Waals surface area contributed by atoms with E-state index in [1.54, 1.807) is 23.6 Å². The van der Waals surface area contributed by atoms with E-state index in [1.807, 2.05) is 48.5 Å². The second-order valence-corrected chi connectivity index (χ2v) is 12.6. The second-order valence-electron chi connectivity index (χ2n) is 11.9. The zero-order valence-electron chi connectivity index (χ0n) is 24.6. The number of para-hydroxylation sites is 2. The number of fused-ring (bicyclic) bond motifs is 2. The molecule has 0 aromatic heterocycles. The standard InChI is InChI=1S/C31H31BrN6O5/c1-31(2)14-20-24(22(39)15-31)25(17-10-12-18(43-5)13-11-17)38(21-9-7-6-8-19(21)33-20)23(40)16-37-26-27(34-29(37)32)35(3)30(42)36(4)28(26)41/h6-13,25-26H,14-16H2,1-5H3/p+1. The van der Waals surface area contributed by atoms with Crippen molar-refractivity contribution in [1.82, 2.24) is 9.80 Å². The number of benzene rings is 2. The number of likely N-dealkylation sites (N-methyl/N-ethyl adjacent to an activating group) is 2. The fraction of sp³-hybridized carbons (Fsp3) is 0.355. The van der Waals surface area contributed by atoms with E-state index < -0.39 is 24.0 Å². The molecule has 1 saturated heterocycles. The summed E-state index contributed by atoms with van der Waals surface area (Å²) in [5.41, 5.74) is 3.10. The molecule has 12 heteroatoms. The van der Waals surface area contributed by atoms with E-state index in [4.69, 9.17) is 4.74 Å². The van der Waals surface area contributed by atoms with Crippen LogP contribution in [0.25, 0.3) is 0 Å². The molecule has 2 unspecified atom stereocenters. The van der Waals surface area contributed by atoms with Crippen LogP contribution in [0.1, 0.15) is 38.3 Å². The van der Waals surface area contributed by atoms with Gasteiger partial charge in [0, 0.05) is 31.8 Å². The molecule has 0 radical (unpaired) electrons. The van der Waals surface area contributed by atoms with Crippen LogP contribution in [0.4, 0.5) is 16.2 Å². The van der Waals surface area contributed by atoms with Gasteiger partial charge in [-0.25, -0.2) is 9.37 Å². The number of nitrogens with one attached hydrogen (secondary N) is 1. The van der Waals surface area contributed by atoms with Crippen molar-refractivity contribution in [2.24, 2.45) is 10.4 Å². The van der Waals surface area contributed by atoms with Crippen molar-refractivity contribution < 1.29 is 28.5 Å². The van der Waals surface area contributed by atoms with Crippen LogP contribution < -0.4 is 15.0 Å². The normalized spacial score (nSPS) is 23.0. The summed E-state index contributed by atoms with van der Waals surface area (Å²) in [6, 6.07) is 12.6. The lowest BCUT2D eigenvalue weighted by molar-refractivity contribution is -0.521. The maximum absolute atomic E-state index is 14.6. The third-order valence-electron chi connectivity index (χ3n) is 8.39. The van der Waals surface area contributed by atoms with Crippen molar-refractivity contribution in [3.8, 4) is 5.75 Å². The molecule has 11 nitrogen and oxygen atoms in total. The van der Waals surface area contributed by atoms with Crippen LogP contribution >= 0.6 is 15.9 Å². The van der Waals surface area contributed by atoms with Gasteiger partial charge >= 0.3 is 10.8 Å². The Labute approximate surface area is 257 Å². The molecule has 4 amide bonds. The zero-order valence-corrected chi connectivity index (χ0v) is 26.1. The summed E-state index contributed by atoms with van der Waals surface area (Å²) in [4.78, 5) is 62.9. The predicted molar refractivity (Wildman–Crippen MR) is 165 cm³/mol. The summed E-state index contributed by atoms with van der Waals surface area (Å²) in [6.45, 7) is 3.89. The average molecular weight is 649 g/mol. The Bertz CT molecular complexity index is 1680. The van der Waals surface area contributed by atoms with Crippen molar-refractivity contribution in [2.75, 3.05) is 38.0 Å². The molecule has 6 rings (SSSR count). The minimum atomic E-state index is -0.960. The van der Waals surface area contributed by atoms with Crippen molar-refractivity contribution in [1.29, 1.82) is 0 Å². The summed E-state index contributed by atoms with van der Waals surface area (Å²) >= 11 is 3.43. The number of carbonyl (C=O) groups excluding carboxylic acids is 4. The SMILES string of the molecule is COc1ccc(C2C3=C(CC(C)(C)CC3=O)Nc3ccccc3N2C(=O)C[N+]2=C(Br)N=C3C2C(=O)N(C)C(=O)N3C)cc1. The maximum Gasteiger partial charge on any atom is 0.365 e. The van der Waals surface area contributed by atoms with E-state index in [2.05, 4.69) is 40.1 Å². The summed E-state index contributed by atoms with van der Waals surface area (Å²) in [6.07, 6.45) is 0.966. The van der Waals surface area contributed by atoms with Gasteiger partial charge in [0.2, 0.25) is 0 Å². The molecule has 0 spiro atoms. The van der Waals surface area contributed by atoms with E-state index in [1.165, 1.54) is 11.9 Å². The molecule has 0 saturated carbocycles. The largest absolute Gasteiger partial charge is 0.497 e. The van der Waals surface area contributed by atoms with Crippen molar-refractivity contribution in [3.05, 3.63) is 65.4 Å². The van der Waals surface area contributed by atoms with E-state index in [-0.39, 0.29) is 34.2 Å². The number of nitrogens with zero attached hydrogens (tertiary/aromatic N) is 5. The molecule has 2 aromatic carbocycles. The molecule has 43 heavy (non-hydrogen) atoms. The summed E-state index contributed by atoms with van der Waals surface area (Å²) < 4.78 is 7.20. The van der Waals surface area contributed by atoms with Gasteiger partial charge in [0.25, 0.3) is 23.7 Å². The van der Waals surface area contributed by atoms with Gasteiger partial charge in [-0.05, 0) is 46.7 Å². The van der Waals surface area contributed by atoms with Gasteiger partial charge in [-0.1, -0.05) is 38.1 Å². The monoisotopic (exact) mass is 647 g/mol. The summed E-state index contributed by atoms with van der Waals surface area (Å²) in [7, 11) is 4.54. The van der Waals surface area contributed by atoms with Crippen LogP contribution in [0.15, 0.2) is 64.8 Å². The Balaban J connectivity index is 1.49. The van der Waals surface area contributed by atoms with Crippen molar-refractivity contribution >= 4 is 61.5 Å². The van der Waals surface area contributed by atoms with Crippen LogP contribution in [-0.2, 0) is 14.4 Å². The number of ether oxygens (including phenoxy) is 1. The predicted octanol–water partition coefficient (Wildman–Crippen LogP) is 3.91. The number of rotatable bonds is 4. The number of aliphatic imine (C=N–C) groups is 1. The number of amidine groups is 2. The smallest absolute Gasteiger partial charge is 0.365 e. The minimum absolute atomic E-state index is 0.0334. The average Bonchev–Trinajstić information content (AvgIpc) is 3.21. The van der Waals surface area contributed by atoms with E-state index in [0.717, 1.165) is 16.2 Å². The Morgan fingerprint density at radius 2 is 1.77 bits per heavy atom. The molecule has 2 atom stereocenters. The fourth-order valence-electron chi connectivity index (χ4n) is 6.31. The number of urea groups is 1. The number of methoxy groups -OCH3 is 1. The highest BCUT2D eigenvalue weighted by Gasteiger charge is 2.54. The Morgan fingerprint density at radius 1 is 1.07 bits per heavy atom. The van der Waals surface area contributed by atoms with E-state index >= 15 is 0 Å². The first kappa shape index (κ1) is 28.8. The van der Waals surface area contributed by atoms with Gasteiger partial charge in [0.15, 0.2) is 12.3 Å². The fourth-order valence-corrected chi connectivity index (χ4v) is 6.82. The van der Waals surface area contributed by atoms with Gasteiger partial charge in [-0.3, -0.25) is 29.1 Å². The third-order valence-corrected chi connectivity index (χ3v) is 9.02. The van der Waals surface area contributed by atoms with Crippen LogP contribution in [0.2, 0.25) is 0 Å². The first-order valence-corrected chi connectivity index (χ1v) is 14.7. The second kappa shape index (κ2) is 10.4. The quantitative estimate of drug-likeness (QED) is 0.398. The molecule has 2 aromatic rings. The number of amides is 4. The molecule has 1 N–H and O–H groups in total. The number of Topliss-reactive ketones (excluding diaryl/α,β-unsaturated/α-hetero) is 1. The number of ketones is 1. The molecule has 222 valence electrons. The number of carbonyl (C=O) groups is 4. The Hall–Kier alpha value is -4.32. The number of halogens is 1. The van der Waals surface area contributed by atoms with Gasteiger partial charge in [0.1, 0.15) is 5.75 Å². The van der Waals surface area contributed by atoms with Gasteiger partial charge < -0.3 is 10.1 Å². The molecule has 1 aliphatic carbocycles. The number of imide groups is 1. The van der Waals surface area contributed by atoms with Gasteiger partial charge in [0.05, 0.1) is 40.5 Å². The van der Waals surface area contributed by atoms with Crippen LogP contribution in [0.3, 0.4) is 0 Å². The van der Waals surface area contributed by atoms with Crippen LogP contribution in [0, 0.1) is 5.41 Å². The number of anilines is 2.